The number of phosphoric ester groups is 18. The first-order valence-corrected chi connectivity index (χ1v) is 53.2. The summed E-state index contributed by atoms with van der Waals surface area (Å²) in [5.41, 5.74) is 0. The maximum absolute atomic E-state index is 11.4. The molecule has 0 spiro atoms. The zero-order chi connectivity index (χ0) is 96.9. The Hall–Kier alpha value is 0.0995. The van der Waals surface area contributed by atoms with Crippen LogP contribution in [0.3, 0.4) is 0 Å². The van der Waals surface area contributed by atoms with Crippen LogP contribution in [-0.2, 0) is 181 Å². The summed E-state index contributed by atoms with van der Waals surface area (Å²) < 4.78 is 279. The molecule has 0 aromatic rings. The summed E-state index contributed by atoms with van der Waals surface area (Å²) in [5.74, 6) is 0. The zero-order valence-corrected chi connectivity index (χ0v) is 71.8. The second-order valence-electron chi connectivity index (χ2n) is 19.8. The van der Waals surface area contributed by atoms with Gasteiger partial charge in [0, 0.05) is 0 Å². The van der Waals surface area contributed by atoms with Crippen molar-refractivity contribution in [3.63, 3.8) is 0 Å². The van der Waals surface area contributed by atoms with E-state index in [1.54, 1.807) is 0 Å². The van der Waals surface area contributed by atoms with E-state index in [4.69, 9.17) is 222 Å². The standard InChI is InChI=1S/3C6H18O24P6.Fe.3NO3/c3*7-31(8,9)25-1-2(26-32(10,11)12)4(28-34(16,17)18)6(30-36(22,23)24)5(29-35(19,20)21)3(1)27-33(13,14)15;;3*2-1(3)4/h3*1-6H,(H2,7,8,9)(H2,10,11,12)(H2,13,14,15)(H2,16,17,18)(H2,19,20,21)(H2,22,23,24);;;;/q;;;+3;3*-1/t3*1-,2-,3-,4+,5-,6-;;;;. The predicted molar refractivity (Wildman–Crippen MR) is 336 cm³/mol. The van der Waals surface area contributed by atoms with Crippen LogP contribution in [-0.4, -0.2) is 301 Å². The van der Waals surface area contributed by atoms with Gasteiger partial charge in [-0.05, 0) is 0 Å². The number of hydrogen-bond donors (Lipinski definition) is 36. The van der Waals surface area contributed by atoms with Gasteiger partial charge < -0.3 is 222 Å². The summed E-state index contributed by atoms with van der Waals surface area (Å²) in [6, 6.07) is 0. The van der Waals surface area contributed by atoms with Gasteiger partial charge in [0.15, 0.2) is 0 Å². The fourth-order valence-electron chi connectivity index (χ4n) is 8.38. The predicted octanol–water partition coefficient (Wildman–Crippen LogP) is -10.1. The van der Waals surface area contributed by atoms with Gasteiger partial charge in [0.1, 0.15) is 110 Å². The summed E-state index contributed by atoms with van der Waals surface area (Å²) in [7, 11) is -108. The van der Waals surface area contributed by atoms with Crippen molar-refractivity contribution in [3.8, 4) is 0 Å². The van der Waals surface area contributed by atoms with Crippen LogP contribution in [0, 0.1) is 46.0 Å². The Morgan fingerprint density at radius 3 is 0.174 bits per heavy atom. The molecule has 3 fully saturated rings. The van der Waals surface area contributed by atoms with Crippen LogP contribution in [0.2, 0.25) is 0 Å². The molecule has 0 aromatic heterocycles. The summed E-state index contributed by atoms with van der Waals surface area (Å²) in [6.45, 7) is 0. The fraction of sp³-hybridized carbons (Fsp3) is 1.00. The van der Waals surface area contributed by atoms with Crippen molar-refractivity contribution in [1.82, 2.24) is 0 Å². The molecule has 1 radical (unpaired) electrons. The molecule has 0 atom stereocenters. The van der Waals surface area contributed by atoms with E-state index < -0.39 is 266 Å². The zero-order valence-electron chi connectivity index (χ0n) is 54.6. The Kier molecular flexibility index (Phi) is 50.2. The fourth-order valence-corrected chi connectivity index (χ4v) is 18.4. The minimum Gasteiger partial charge on any atom is -0.356 e. The third-order valence-electron chi connectivity index (χ3n) is 10.5. The van der Waals surface area contributed by atoms with Gasteiger partial charge in [0.05, 0.1) is 15.3 Å². The SMILES string of the molecule is O=P(O)(O)O[C@H]1[C@H](OP(=O)(O)O)[C@@H](OP(=O)(O)O)[C@H](OP(=O)(O)O)[C@@H](OP(=O)(O)O)[C@H]1OP(=O)(O)O.O=P(O)(O)O[C@H]1[C@H](OP(=O)(O)O)[C@@H](OP(=O)(O)O)[C@H](OP(=O)(O)O)[C@@H](OP(=O)(O)O)[C@H]1OP(=O)(O)O.O=P(O)(O)O[C@H]1[C@H](OP(=O)(O)O)[C@@H](OP(=O)(O)O)[C@H](OP(=O)(O)O)[C@@H](OP(=O)(O)O)[C@H]1OP(=O)(O)O.O=[N+]([O-])[O-].O=[N+]([O-])[O-].O=[N+]([O-])[O-].[Fe+3]. The molecule has 0 saturated heterocycles. The van der Waals surface area contributed by atoms with E-state index >= 15 is 0 Å². The largest absolute Gasteiger partial charge is 3.00 e. The summed E-state index contributed by atoms with van der Waals surface area (Å²) >= 11 is 0. The van der Waals surface area contributed by atoms with Crippen molar-refractivity contribution < 1.29 is 372 Å². The van der Waals surface area contributed by atoms with Gasteiger partial charge in [-0.2, -0.15) is 0 Å². The molecular weight excluding hydrogens is 2170 g/mol. The van der Waals surface area contributed by atoms with Crippen molar-refractivity contribution in [3.05, 3.63) is 46.0 Å². The van der Waals surface area contributed by atoms with Crippen molar-refractivity contribution in [2.24, 2.45) is 0 Å². The quantitative estimate of drug-likeness (QED) is 0.0120. The van der Waals surface area contributed by atoms with Gasteiger partial charge in [-0.15, -0.1) is 0 Å². The van der Waals surface area contributed by atoms with E-state index in [9.17, 15) is 82.2 Å². The van der Waals surface area contributed by atoms with Crippen LogP contribution in [0.15, 0.2) is 0 Å². The average molecular weight is 2220 g/mol. The number of hydrogen-bond acceptors (Lipinski definition) is 45. The van der Waals surface area contributed by atoms with Crippen molar-refractivity contribution in [2.45, 2.75) is 110 Å². The molecule has 0 amide bonds. The van der Waals surface area contributed by atoms with Crippen LogP contribution < -0.4 is 0 Å². The topological polar surface area (TPSA) is 1400 Å². The van der Waals surface area contributed by atoms with Crippen molar-refractivity contribution >= 4 is 141 Å². The number of phosphoric acid groups is 18. The van der Waals surface area contributed by atoms with Gasteiger partial charge in [0.2, 0.25) is 0 Å². The Labute approximate surface area is 666 Å². The minimum atomic E-state index is -6.02. The molecule has 0 aromatic carbocycles. The maximum atomic E-state index is 11.4. The molecule has 0 unspecified atom stereocenters. The average Bonchev–Trinajstić information content (AvgIpc) is 0.755. The van der Waals surface area contributed by atoms with E-state index in [0.29, 0.717) is 0 Å². The van der Waals surface area contributed by atoms with Gasteiger partial charge in [-0.25, -0.2) is 82.2 Å². The summed E-state index contributed by atoms with van der Waals surface area (Å²) in [5, 5.41) is 44.2. The smallest absolute Gasteiger partial charge is 0.356 e. The van der Waals surface area contributed by atoms with Gasteiger partial charge >= 0.3 is 158 Å². The van der Waals surface area contributed by atoms with Gasteiger partial charge in [-0.3, -0.25) is 81.4 Å². The van der Waals surface area contributed by atoms with E-state index in [1.165, 1.54) is 0 Å². The molecule has 103 heteroatoms. The van der Waals surface area contributed by atoms with Crippen LogP contribution >= 0.6 is 141 Å². The Morgan fingerprint density at radius 2 is 0.157 bits per heavy atom. The van der Waals surface area contributed by atoms with E-state index in [-0.39, 0.29) is 17.1 Å². The molecule has 3 rings (SSSR count). The molecule has 0 bridgehead atoms. The summed E-state index contributed by atoms with van der Waals surface area (Å²) in [6.07, 6.45) is -56.6. The molecule has 3 saturated carbocycles. The number of rotatable bonds is 36. The van der Waals surface area contributed by atoms with Crippen LogP contribution in [0.1, 0.15) is 0 Å². The van der Waals surface area contributed by atoms with Crippen LogP contribution in [0.4, 0.5) is 0 Å². The monoisotopic (exact) mass is 2220 g/mol. The maximum Gasteiger partial charge on any atom is 3.00 e. The molecule has 3 aliphatic rings. The molecule has 121 heavy (non-hydrogen) atoms. The first-order chi connectivity index (χ1) is 51.9. The molecule has 3 aliphatic carbocycles. The third-order valence-corrected chi connectivity index (χ3v) is 19.8. The first-order valence-electron chi connectivity index (χ1n) is 25.7. The van der Waals surface area contributed by atoms with Gasteiger partial charge in [-0.1, -0.05) is 0 Å². The Bertz CT molecular complexity index is 3170. The minimum absolute atomic E-state index is 0. The van der Waals surface area contributed by atoms with Gasteiger partial charge in [0.25, 0.3) is 0 Å². The van der Waals surface area contributed by atoms with E-state index in [2.05, 4.69) is 81.4 Å². The molecule has 0 heterocycles. The third kappa shape index (κ3) is 63.7. The van der Waals surface area contributed by atoms with E-state index in [0.717, 1.165) is 0 Å². The molecule has 725 valence electrons. The molecular formula is C18H54FeN3O81P18. The second-order valence-corrected chi connectivity index (χ2v) is 41.2. The Balaban J connectivity index is -0.000000788. The van der Waals surface area contributed by atoms with Crippen LogP contribution in [0.5, 0.6) is 0 Å². The van der Waals surface area contributed by atoms with Crippen molar-refractivity contribution in [1.29, 1.82) is 0 Å². The second kappa shape index (κ2) is 47.6. The van der Waals surface area contributed by atoms with Crippen LogP contribution in [0.25, 0.3) is 0 Å². The van der Waals surface area contributed by atoms with Crippen molar-refractivity contribution in [2.75, 3.05) is 0 Å². The molecule has 84 nitrogen and oxygen atoms in total. The van der Waals surface area contributed by atoms with E-state index in [1.807, 2.05) is 0 Å². The first kappa shape index (κ1) is 127. The molecule has 0 aliphatic heterocycles. The number of nitrogens with zero attached hydrogens (tertiary/aromatic N) is 3. The normalized spacial score (nSPS) is 26.8. The Morgan fingerprint density at radius 1 is 0.132 bits per heavy atom. The molecule has 36 N–H and O–H groups in total. The summed E-state index contributed by atoms with van der Waals surface area (Å²) in [4.78, 5) is 354.